The van der Waals surface area contributed by atoms with E-state index in [9.17, 15) is 0 Å². The predicted octanol–water partition coefficient (Wildman–Crippen LogP) is 5.68. The molecule has 1 atom stereocenters. The quantitative estimate of drug-likeness (QED) is 0.374. The van der Waals surface area contributed by atoms with Crippen molar-refractivity contribution >= 4 is 29.6 Å². The zero-order chi connectivity index (χ0) is 24.9. The third-order valence-corrected chi connectivity index (χ3v) is 8.15. The summed E-state index contributed by atoms with van der Waals surface area (Å²) in [5, 5.41) is 7.77. The first-order valence-corrected chi connectivity index (χ1v) is 13.7. The molecule has 0 saturated carbocycles. The average Bonchev–Trinajstić information content (AvgIpc) is 3.04. The number of hydrazone groups is 1. The van der Waals surface area contributed by atoms with Gasteiger partial charge in [0.2, 0.25) is 0 Å². The van der Waals surface area contributed by atoms with Crippen LogP contribution in [0.4, 0.5) is 0 Å². The number of halogens is 1. The lowest BCUT2D eigenvalue weighted by atomic mass is 9.97. The van der Waals surface area contributed by atoms with Gasteiger partial charge in [-0.05, 0) is 73.6 Å². The summed E-state index contributed by atoms with van der Waals surface area (Å²) < 4.78 is 5.87. The van der Waals surface area contributed by atoms with Crippen molar-refractivity contribution in [3.63, 3.8) is 0 Å². The van der Waals surface area contributed by atoms with Crippen LogP contribution in [0.2, 0.25) is 5.02 Å². The zero-order valence-corrected chi connectivity index (χ0v) is 22.5. The van der Waals surface area contributed by atoms with Crippen LogP contribution in [0.25, 0.3) is 0 Å². The van der Waals surface area contributed by atoms with E-state index in [1.54, 1.807) is 0 Å². The molecular weight excluding hydrogens is 488 g/mol. The Morgan fingerprint density at radius 3 is 2.67 bits per heavy atom. The Kier molecular flexibility index (Phi) is 8.17. The molecule has 2 heterocycles. The van der Waals surface area contributed by atoms with Crippen molar-refractivity contribution in [1.29, 1.82) is 0 Å². The van der Waals surface area contributed by atoms with Crippen LogP contribution < -0.4 is 4.74 Å². The lowest BCUT2D eigenvalue weighted by Crippen LogP contribution is -2.46. The molecule has 5 nitrogen and oxygen atoms in total. The minimum Gasteiger partial charge on any atom is -0.492 e. The molecule has 7 heteroatoms. The number of rotatable bonds is 7. The Labute approximate surface area is 223 Å². The molecular formula is C29H33ClN4OS. The van der Waals surface area contributed by atoms with Crippen molar-refractivity contribution in [3.05, 3.63) is 88.4 Å². The number of nitrogens with zero attached hydrogens (tertiary/aromatic N) is 4. The Balaban J connectivity index is 1.24. The monoisotopic (exact) mass is 520 g/mol. The highest BCUT2D eigenvalue weighted by Crippen LogP contribution is 2.43. The van der Waals surface area contributed by atoms with Crippen LogP contribution in [0.5, 0.6) is 5.75 Å². The molecule has 1 unspecified atom stereocenters. The maximum absolute atomic E-state index is 6.45. The van der Waals surface area contributed by atoms with Crippen LogP contribution in [0.1, 0.15) is 22.7 Å². The summed E-state index contributed by atoms with van der Waals surface area (Å²) >= 11 is 8.32. The van der Waals surface area contributed by atoms with Gasteiger partial charge in [-0.1, -0.05) is 53.7 Å². The second-order valence-electron chi connectivity index (χ2n) is 9.57. The molecule has 0 bridgehead atoms. The Bertz CT molecular complexity index is 1210. The minimum absolute atomic E-state index is 0.317. The summed E-state index contributed by atoms with van der Waals surface area (Å²) in [7, 11) is 4.10. The molecule has 5 rings (SSSR count). The molecule has 3 aromatic rings. The first kappa shape index (κ1) is 25.2. The molecule has 0 amide bonds. The third-order valence-electron chi connectivity index (χ3n) is 6.70. The van der Waals surface area contributed by atoms with Gasteiger partial charge in [0.15, 0.2) is 0 Å². The van der Waals surface area contributed by atoms with Crippen LogP contribution >= 0.6 is 23.4 Å². The maximum atomic E-state index is 6.45. The van der Waals surface area contributed by atoms with Crippen LogP contribution in [0.15, 0.2) is 81.6 Å². The largest absolute Gasteiger partial charge is 0.492 e. The minimum atomic E-state index is 0.317. The number of likely N-dealkylation sites (N-methyl/N-ethyl adjacent to an activating group) is 1. The van der Waals surface area contributed by atoms with Crippen molar-refractivity contribution in [2.75, 3.05) is 53.4 Å². The van der Waals surface area contributed by atoms with E-state index in [0.717, 1.165) is 55.5 Å². The Morgan fingerprint density at radius 1 is 1.00 bits per heavy atom. The van der Waals surface area contributed by atoms with Gasteiger partial charge in [-0.3, -0.25) is 9.91 Å². The summed E-state index contributed by atoms with van der Waals surface area (Å²) in [5.74, 6) is 0.884. The van der Waals surface area contributed by atoms with Gasteiger partial charge in [0.1, 0.15) is 12.4 Å². The van der Waals surface area contributed by atoms with E-state index in [1.807, 2.05) is 50.3 Å². The zero-order valence-electron chi connectivity index (χ0n) is 20.9. The Morgan fingerprint density at radius 2 is 1.83 bits per heavy atom. The number of hydrogen-bond acceptors (Lipinski definition) is 6. The number of fused-ring (bicyclic) bond motifs is 2. The lowest BCUT2D eigenvalue weighted by Gasteiger charge is -2.38. The van der Waals surface area contributed by atoms with Crippen LogP contribution in [0.3, 0.4) is 0 Å². The summed E-state index contributed by atoms with van der Waals surface area (Å²) in [6.45, 7) is 5.30. The maximum Gasteiger partial charge on any atom is 0.120 e. The topological polar surface area (TPSA) is 31.3 Å². The van der Waals surface area contributed by atoms with Gasteiger partial charge < -0.3 is 9.64 Å². The normalized spacial score (nSPS) is 18.2. The average molecular weight is 521 g/mol. The molecule has 36 heavy (non-hydrogen) atoms. The van der Waals surface area contributed by atoms with Gasteiger partial charge in [0, 0.05) is 53.6 Å². The smallest absolute Gasteiger partial charge is 0.120 e. The predicted molar refractivity (Wildman–Crippen MR) is 150 cm³/mol. The van der Waals surface area contributed by atoms with E-state index < -0.39 is 0 Å². The fraction of sp³-hybridized carbons (Fsp3) is 0.345. The molecule has 2 aliphatic rings. The van der Waals surface area contributed by atoms with E-state index in [4.69, 9.17) is 21.4 Å². The number of ether oxygens (including phenoxy) is 1. The molecule has 2 aliphatic heterocycles. The van der Waals surface area contributed by atoms with E-state index >= 15 is 0 Å². The fourth-order valence-electron chi connectivity index (χ4n) is 4.72. The van der Waals surface area contributed by atoms with Crippen LogP contribution in [-0.4, -0.2) is 74.4 Å². The highest BCUT2D eigenvalue weighted by Gasteiger charge is 2.30. The SMILES string of the molecule is CN(C)CCOc1cccc(/C=N/N2CCN(C3Cc4ccccc4Sc4ccc(Cl)cc43)CC2)c1. The first-order chi connectivity index (χ1) is 17.5. The Hall–Kier alpha value is -2.51. The molecule has 0 N–H and O–H groups in total. The second-order valence-corrected chi connectivity index (χ2v) is 11.1. The van der Waals surface area contributed by atoms with Crippen molar-refractivity contribution < 1.29 is 4.74 Å². The molecule has 0 aromatic heterocycles. The van der Waals surface area contributed by atoms with Gasteiger partial charge in [0.05, 0.1) is 6.21 Å². The number of piperazine rings is 1. The van der Waals surface area contributed by atoms with E-state index in [1.165, 1.54) is 20.9 Å². The summed E-state index contributed by atoms with van der Waals surface area (Å²) in [6.07, 6.45) is 2.95. The third kappa shape index (κ3) is 6.24. The molecule has 1 fully saturated rings. The lowest BCUT2D eigenvalue weighted by molar-refractivity contribution is 0.0970. The van der Waals surface area contributed by atoms with Gasteiger partial charge in [-0.2, -0.15) is 5.10 Å². The number of benzene rings is 3. The number of hydrogen-bond donors (Lipinski definition) is 0. The molecule has 3 aromatic carbocycles. The van der Waals surface area contributed by atoms with E-state index in [0.29, 0.717) is 12.6 Å². The van der Waals surface area contributed by atoms with E-state index in [2.05, 4.69) is 63.3 Å². The van der Waals surface area contributed by atoms with Gasteiger partial charge in [0.25, 0.3) is 0 Å². The molecule has 0 aliphatic carbocycles. The highest BCUT2D eigenvalue weighted by molar-refractivity contribution is 7.99. The molecule has 0 radical (unpaired) electrons. The van der Waals surface area contributed by atoms with Crippen LogP contribution in [-0.2, 0) is 6.42 Å². The highest BCUT2D eigenvalue weighted by atomic mass is 35.5. The van der Waals surface area contributed by atoms with Gasteiger partial charge in [-0.25, -0.2) is 0 Å². The van der Waals surface area contributed by atoms with Crippen molar-refractivity contribution in [2.24, 2.45) is 5.10 Å². The van der Waals surface area contributed by atoms with Crippen LogP contribution in [0, 0.1) is 0 Å². The standard InChI is InChI=1S/C29H33ClN4OS/c1-32(2)16-17-35-25-8-5-6-22(18-25)21-31-34-14-12-33(13-15-34)27-19-23-7-3-4-9-28(23)36-29-11-10-24(30)20-26(27)29/h3-11,18,20-21,27H,12-17,19H2,1-2H3/b31-21+. The van der Waals surface area contributed by atoms with Crippen molar-refractivity contribution in [3.8, 4) is 5.75 Å². The van der Waals surface area contributed by atoms with Gasteiger partial charge in [-0.15, -0.1) is 0 Å². The molecule has 0 spiro atoms. The summed E-state index contributed by atoms with van der Waals surface area (Å²) in [5.41, 5.74) is 3.81. The first-order valence-electron chi connectivity index (χ1n) is 12.5. The fourth-order valence-corrected chi connectivity index (χ4v) is 6.02. The second kappa shape index (κ2) is 11.7. The molecule has 188 valence electrons. The molecule has 1 saturated heterocycles. The van der Waals surface area contributed by atoms with E-state index in [-0.39, 0.29) is 0 Å². The van der Waals surface area contributed by atoms with Gasteiger partial charge >= 0.3 is 0 Å². The van der Waals surface area contributed by atoms with Crippen molar-refractivity contribution in [1.82, 2.24) is 14.8 Å². The summed E-state index contributed by atoms with van der Waals surface area (Å²) in [4.78, 5) is 7.37. The van der Waals surface area contributed by atoms with Crippen molar-refractivity contribution in [2.45, 2.75) is 22.3 Å². The summed E-state index contributed by atoms with van der Waals surface area (Å²) in [6, 6.07) is 23.6.